The van der Waals surface area contributed by atoms with E-state index in [1.54, 1.807) is 19.2 Å². The maximum Gasteiger partial charge on any atom is 0.263 e. The van der Waals surface area contributed by atoms with Crippen molar-refractivity contribution in [3.63, 3.8) is 0 Å². The summed E-state index contributed by atoms with van der Waals surface area (Å²) in [6.07, 6.45) is 2.88. The number of carbonyl (C=O) groups is 1. The molecule has 2 N–H and O–H groups in total. The van der Waals surface area contributed by atoms with E-state index in [4.69, 9.17) is 9.47 Å². The number of fused-ring (bicyclic) bond motifs is 2. The van der Waals surface area contributed by atoms with Crippen molar-refractivity contribution in [2.45, 2.75) is 26.3 Å². The molecule has 0 aliphatic carbocycles. The van der Waals surface area contributed by atoms with E-state index >= 15 is 0 Å². The topological polar surface area (TPSA) is 102 Å². The van der Waals surface area contributed by atoms with Crippen LogP contribution in [0.25, 0.3) is 11.0 Å². The fourth-order valence-corrected chi connectivity index (χ4v) is 4.75. The van der Waals surface area contributed by atoms with Crippen LogP contribution in [-0.4, -0.2) is 65.7 Å². The van der Waals surface area contributed by atoms with Crippen molar-refractivity contribution in [1.29, 1.82) is 0 Å². The number of anilines is 1. The highest BCUT2D eigenvalue weighted by atomic mass is 19.1. The minimum absolute atomic E-state index is 0.0237. The number of carbonyl (C=O) groups excluding carboxylic acids is 1. The summed E-state index contributed by atoms with van der Waals surface area (Å²) in [5.74, 6) is 0.999. The van der Waals surface area contributed by atoms with Crippen molar-refractivity contribution in [3.05, 3.63) is 47.5 Å². The van der Waals surface area contributed by atoms with Crippen LogP contribution in [0.15, 0.2) is 30.5 Å². The van der Waals surface area contributed by atoms with Crippen LogP contribution in [-0.2, 0) is 17.8 Å². The Morgan fingerprint density at radius 2 is 2.17 bits per heavy atom. The molecule has 1 fully saturated rings. The van der Waals surface area contributed by atoms with Crippen LogP contribution < -0.4 is 20.1 Å². The quantitative estimate of drug-likeness (QED) is 0.507. The van der Waals surface area contributed by atoms with E-state index in [9.17, 15) is 9.18 Å². The van der Waals surface area contributed by atoms with Gasteiger partial charge in [-0.1, -0.05) is 6.92 Å². The van der Waals surface area contributed by atoms with Gasteiger partial charge in [-0.05, 0) is 43.0 Å². The van der Waals surface area contributed by atoms with E-state index in [-0.39, 0.29) is 23.7 Å². The van der Waals surface area contributed by atoms with E-state index in [1.807, 2.05) is 12.1 Å². The number of amides is 1. The second-order valence-corrected chi connectivity index (χ2v) is 9.48. The van der Waals surface area contributed by atoms with Crippen molar-refractivity contribution >= 4 is 22.8 Å². The zero-order valence-electron chi connectivity index (χ0n) is 19.9. The van der Waals surface area contributed by atoms with Gasteiger partial charge < -0.3 is 25.0 Å². The molecule has 5 heterocycles. The minimum Gasteiger partial charge on any atom is -0.481 e. The molecule has 2 aliphatic rings. The molecule has 1 amide bonds. The van der Waals surface area contributed by atoms with Gasteiger partial charge in [-0.25, -0.2) is 14.4 Å². The lowest BCUT2D eigenvalue weighted by Crippen LogP contribution is -2.35. The number of methoxy groups -OCH3 is 1. The molecule has 0 aromatic carbocycles. The Morgan fingerprint density at radius 1 is 1.29 bits per heavy atom. The van der Waals surface area contributed by atoms with E-state index in [0.29, 0.717) is 47.0 Å². The number of ether oxygens (including phenoxy) is 2. The molecule has 5 rings (SSSR count). The summed E-state index contributed by atoms with van der Waals surface area (Å²) in [4.78, 5) is 27.0. The lowest BCUT2D eigenvalue weighted by Gasteiger charge is -2.25. The smallest absolute Gasteiger partial charge is 0.263 e. The molecule has 1 saturated heterocycles. The number of hydrogen-bond acceptors (Lipinski definition) is 8. The Hall–Kier alpha value is -3.37. The highest BCUT2D eigenvalue weighted by Gasteiger charge is 2.33. The van der Waals surface area contributed by atoms with Crippen molar-refractivity contribution in [2.24, 2.45) is 5.41 Å². The summed E-state index contributed by atoms with van der Waals surface area (Å²) in [6, 6.07) is 7.29. The van der Waals surface area contributed by atoms with Gasteiger partial charge in [0.1, 0.15) is 5.82 Å². The summed E-state index contributed by atoms with van der Waals surface area (Å²) in [5.41, 5.74) is 2.75. The van der Waals surface area contributed by atoms with Gasteiger partial charge in [-0.2, -0.15) is 0 Å². The first-order chi connectivity index (χ1) is 16.9. The number of rotatable bonds is 8. The number of nitrogens with one attached hydrogen (secondary N) is 2. The molecule has 0 saturated carbocycles. The molecule has 0 bridgehead atoms. The molecule has 1 atom stereocenters. The maximum atomic E-state index is 14.6. The summed E-state index contributed by atoms with van der Waals surface area (Å²) in [6.45, 7) is 6.34. The molecule has 0 spiro atoms. The monoisotopic (exact) mass is 480 g/mol. The van der Waals surface area contributed by atoms with Gasteiger partial charge in [0, 0.05) is 37.8 Å². The molecule has 3 aromatic heterocycles. The van der Waals surface area contributed by atoms with Gasteiger partial charge in [-0.3, -0.25) is 9.78 Å². The van der Waals surface area contributed by atoms with Crippen LogP contribution in [0.4, 0.5) is 10.2 Å². The predicted molar refractivity (Wildman–Crippen MR) is 129 cm³/mol. The molecular weight excluding hydrogens is 451 g/mol. The number of halogens is 1. The van der Waals surface area contributed by atoms with Gasteiger partial charge in [0.2, 0.25) is 5.88 Å². The van der Waals surface area contributed by atoms with Crippen LogP contribution in [0, 0.1) is 11.2 Å². The number of nitrogens with zero attached hydrogens (tertiary/aromatic N) is 4. The molecular formula is C25H29FN6O3. The second kappa shape index (κ2) is 9.71. The van der Waals surface area contributed by atoms with Crippen LogP contribution >= 0.6 is 0 Å². The fraction of sp³-hybridized carbons (Fsp3) is 0.440. The lowest BCUT2D eigenvalue weighted by molar-refractivity contribution is -0.118. The first-order valence-corrected chi connectivity index (χ1v) is 11.8. The Morgan fingerprint density at radius 3 is 3.03 bits per heavy atom. The zero-order valence-corrected chi connectivity index (χ0v) is 19.9. The van der Waals surface area contributed by atoms with Gasteiger partial charge in [0.25, 0.3) is 5.91 Å². The summed E-state index contributed by atoms with van der Waals surface area (Å²) in [7, 11) is 1.55. The second-order valence-electron chi connectivity index (χ2n) is 9.48. The Kier molecular flexibility index (Phi) is 6.48. The largest absolute Gasteiger partial charge is 0.481 e. The normalized spacial score (nSPS) is 19.9. The van der Waals surface area contributed by atoms with Crippen LogP contribution in [0.2, 0.25) is 0 Å². The van der Waals surface area contributed by atoms with E-state index in [2.05, 4.69) is 37.4 Å². The average Bonchev–Trinajstić information content (AvgIpc) is 3.23. The van der Waals surface area contributed by atoms with Crippen LogP contribution in [0.5, 0.6) is 11.6 Å². The maximum absolute atomic E-state index is 14.6. The number of hydrogen-bond donors (Lipinski definition) is 2. The minimum atomic E-state index is -0.332. The molecule has 184 valence electrons. The van der Waals surface area contributed by atoms with E-state index < -0.39 is 0 Å². The highest BCUT2D eigenvalue weighted by molar-refractivity contribution is 5.94. The molecule has 9 nitrogen and oxygen atoms in total. The molecule has 10 heteroatoms. The van der Waals surface area contributed by atoms with Gasteiger partial charge in [-0.15, -0.1) is 0 Å². The Labute approximate surface area is 203 Å². The third-order valence-electron chi connectivity index (χ3n) is 6.65. The first-order valence-electron chi connectivity index (χ1n) is 11.8. The Bertz CT molecular complexity index is 1260. The van der Waals surface area contributed by atoms with Crippen molar-refractivity contribution < 1.29 is 18.7 Å². The standard InChI is InChI=1S/C25H29FN6O3/c1-25(14-27-11-16-3-5-20-24(29-16)30-21(33)13-35-20)8-10-32(15-25)9-7-17-18(26)12-28-19-4-6-22(34-2)31-23(17)19/h3-6,12,27H,7-11,13-15H2,1-2H3,(H,29,30,33). The third-order valence-corrected chi connectivity index (χ3v) is 6.65. The highest BCUT2D eigenvalue weighted by Crippen LogP contribution is 2.30. The number of likely N-dealkylation sites (tertiary alicyclic amines) is 1. The summed E-state index contributed by atoms with van der Waals surface area (Å²) in [5, 5.41) is 6.25. The van der Waals surface area contributed by atoms with E-state index in [0.717, 1.165) is 38.3 Å². The lowest BCUT2D eigenvalue weighted by atomic mass is 9.90. The number of pyridine rings is 3. The molecule has 3 aromatic rings. The average molecular weight is 481 g/mol. The molecule has 1 unspecified atom stereocenters. The van der Waals surface area contributed by atoms with Crippen molar-refractivity contribution in [3.8, 4) is 11.6 Å². The van der Waals surface area contributed by atoms with Crippen LogP contribution in [0.1, 0.15) is 24.6 Å². The van der Waals surface area contributed by atoms with Crippen molar-refractivity contribution in [1.82, 2.24) is 25.2 Å². The molecule has 35 heavy (non-hydrogen) atoms. The van der Waals surface area contributed by atoms with Crippen LogP contribution in [0.3, 0.4) is 0 Å². The first kappa shape index (κ1) is 23.4. The van der Waals surface area contributed by atoms with Gasteiger partial charge >= 0.3 is 0 Å². The van der Waals surface area contributed by atoms with Gasteiger partial charge in [0.05, 0.1) is 30.0 Å². The summed E-state index contributed by atoms with van der Waals surface area (Å²) >= 11 is 0. The summed E-state index contributed by atoms with van der Waals surface area (Å²) < 4.78 is 25.2. The van der Waals surface area contributed by atoms with E-state index in [1.165, 1.54) is 6.20 Å². The molecule has 2 aliphatic heterocycles. The molecule has 0 radical (unpaired) electrons. The predicted octanol–water partition coefficient (Wildman–Crippen LogP) is 2.55. The SMILES string of the molecule is COc1ccc2ncc(F)c(CCN3CCC(C)(CNCc4ccc5c(n4)NC(=O)CO5)C3)c2n1. The zero-order chi connectivity index (χ0) is 24.4. The Balaban J connectivity index is 1.16. The fourth-order valence-electron chi connectivity index (χ4n) is 4.75. The van der Waals surface area contributed by atoms with Gasteiger partial charge in [0.15, 0.2) is 18.2 Å². The van der Waals surface area contributed by atoms with Crippen molar-refractivity contribution in [2.75, 3.05) is 45.2 Å². The number of aromatic nitrogens is 3. The third kappa shape index (κ3) is 5.18.